The molecule has 0 aliphatic heterocycles. The van der Waals surface area contributed by atoms with Crippen LogP contribution >= 0.6 is 0 Å². The maximum Gasteiger partial charge on any atom is 0.129 e. The molecule has 0 unspecified atom stereocenters. The SMILES string of the molecule is CCCc1c(F)cc(/C=N/N=C/c2ccc(CC)cc2)cc1F. The van der Waals surface area contributed by atoms with Crippen molar-refractivity contribution in [1.29, 1.82) is 0 Å². The van der Waals surface area contributed by atoms with E-state index < -0.39 is 11.6 Å². The average Bonchev–Trinajstić information content (AvgIpc) is 2.55. The molecule has 0 spiro atoms. The van der Waals surface area contributed by atoms with Crippen molar-refractivity contribution < 1.29 is 8.78 Å². The van der Waals surface area contributed by atoms with E-state index in [0.29, 0.717) is 18.4 Å². The van der Waals surface area contributed by atoms with E-state index in [9.17, 15) is 8.78 Å². The Morgan fingerprint density at radius 1 is 0.870 bits per heavy atom. The topological polar surface area (TPSA) is 24.7 Å². The molecule has 0 aromatic heterocycles. The molecule has 2 rings (SSSR count). The Balaban J connectivity index is 2.06. The maximum absolute atomic E-state index is 13.8. The molecule has 2 aromatic carbocycles. The summed E-state index contributed by atoms with van der Waals surface area (Å²) in [5.41, 5.74) is 2.67. The number of aryl methyl sites for hydroxylation is 1. The Morgan fingerprint density at radius 2 is 1.43 bits per heavy atom. The van der Waals surface area contributed by atoms with Crippen molar-refractivity contribution in [2.75, 3.05) is 0 Å². The van der Waals surface area contributed by atoms with E-state index in [0.717, 1.165) is 12.0 Å². The van der Waals surface area contributed by atoms with Gasteiger partial charge in [0.2, 0.25) is 0 Å². The molecule has 0 bridgehead atoms. The van der Waals surface area contributed by atoms with E-state index in [2.05, 4.69) is 17.1 Å². The second-order valence-electron chi connectivity index (χ2n) is 5.30. The zero-order valence-electron chi connectivity index (χ0n) is 13.4. The predicted molar refractivity (Wildman–Crippen MR) is 91.4 cm³/mol. The van der Waals surface area contributed by atoms with E-state index in [1.54, 1.807) is 6.21 Å². The van der Waals surface area contributed by atoms with Crippen LogP contribution in [0.15, 0.2) is 46.6 Å². The van der Waals surface area contributed by atoms with Crippen molar-refractivity contribution in [1.82, 2.24) is 0 Å². The van der Waals surface area contributed by atoms with Crippen LogP contribution in [-0.2, 0) is 12.8 Å². The fraction of sp³-hybridized carbons (Fsp3) is 0.263. The van der Waals surface area contributed by atoms with Crippen LogP contribution in [0.3, 0.4) is 0 Å². The predicted octanol–water partition coefficient (Wildman–Crippen LogP) is 4.93. The largest absolute Gasteiger partial charge is 0.207 e. The van der Waals surface area contributed by atoms with Crippen LogP contribution in [0.2, 0.25) is 0 Å². The van der Waals surface area contributed by atoms with Crippen LogP contribution in [0, 0.1) is 11.6 Å². The van der Waals surface area contributed by atoms with Crippen LogP contribution in [0.25, 0.3) is 0 Å². The Kier molecular flexibility index (Phi) is 6.15. The van der Waals surface area contributed by atoms with Crippen LogP contribution in [0.1, 0.15) is 42.5 Å². The molecule has 0 N–H and O–H groups in total. The van der Waals surface area contributed by atoms with Gasteiger partial charge < -0.3 is 0 Å². The second kappa shape index (κ2) is 8.32. The number of hydrogen-bond donors (Lipinski definition) is 0. The first-order valence-corrected chi connectivity index (χ1v) is 7.77. The third-order valence-electron chi connectivity index (χ3n) is 3.53. The Bertz CT molecular complexity index is 681. The van der Waals surface area contributed by atoms with Gasteiger partial charge in [-0.25, -0.2) is 8.78 Å². The second-order valence-corrected chi connectivity index (χ2v) is 5.30. The van der Waals surface area contributed by atoms with Crippen molar-refractivity contribution >= 4 is 12.4 Å². The van der Waals surface area contributed by atoms with Gasteiger partial charge in [-0.15, -0.1) is 0 Å². The molecule has 2 nitrogen and oxygen atoms in total. The summed E-state index contributed by atoms with van der Waals surface area (Å²) in [5, 5.41) is 7.76. The minimum Gasteiger partial charge on any atom is -0.207 e. The molecule has 0 atom stereocenters. The standard InChI is InChI=1S/C19H20F2N2/c1-3-5-17-18(20)10-16(11-19(17)21)13-23-22-12-15-8-6-14(4-2)7-9-15/h6-13H,3-5H2,1-2H3/b22-12+,23-13+. The minimum absolute atomic E-state index is 0.129. The van der Waals surface area contributed by atoms with Crippen molar-refractivity contribution in [3.05, 3.63) is 70.3 Å². The van der Waals surface area contributed by atoms with Gasteiger partial charge in [0.25, 0.3) is 0 Å². The Labute approximate surface area is 135 Å². The van der Waals surface area contributed by atoms with Crippen LogP contribution in [0.5, 0.6) is 0 Å². The molecule has 0 aliphatic rings. The van der Waals surface area contributed by atoms with E-state index in [-0.39, 0.29) is 5.56 Å². The molecule has 0 saturated heterocycles. The number of benzene rings is 2. The van der Waals surface area contributed by atoms with Gasteiger partial charge in [-0.2, -0.15) is 10.2 Å². The lowest BCUT2D eigenvalue weighted by Gasteiger charge is -2.04. The average molecular weight is 314 g/mol. The van der Waals surface area contributed by atoms with Gasteiger partial charge in [-0.05, 0) is 36.1 Å². The Hall–Kier alpha value is -2.36. The summed E-state index contributed by atoms with van der Waals surface area (Å²) in [6, 6.07) is 10.5. The van der Waals surface area contributed by atoms with Gasteiger partial charge in [0, 0.05) is 11.1 Å². The highest BCUT2D eigenvalue weighted by molar-refractivity contribution is 5.82. The molecular weight excluding hydrogens is 294 g/mol. The summed E-state index contributed by atoms with van der Waals surface area (Å²) < 4.78 is 27.6. The fourth-order valence-corrected chi connectivity index (χ4v) is 2.23. The van der Waals surface area contributed by atoms with Crippen LogP contribution < -0.4 is 0 Å². The molecule has 0 amide bonds. The number of hydrogen-bond acceptors (Lipinski definition) is 2. The first-order valence-electron chi connectivity index (χ1n) is 7.77. The zero-order chi connectivity index (χ0) is 16.7. The summed E-state index contributed by atoms with van der Waals surface area (Å²) in [7, 11) is 0. The first kappa shape index (κ1) is 17.0. The lowest BCUT2D eigenvalue weighted by atomic mass is 10.1. The smallest absolute Gasteiger partial charge is 0.129 e. The molecule has 0 saturated carbocycles. The molecule has 120 valence electrons. The lowest BCUT2D eigenvalue weighted by molar-refractivity contribution is 0.552. The van der Waals surface area contributed by atoms with E-state index in [1.165, 1.54) is 23.9 Å². The third-order valence-corrected chi connectivity index (χ3v) is 3.53. The fourth-order valence-electron chi connectivity index (χ4n) is 2.23. The number of nitrogens with zero attached hydrogens (tertiary/aromatic N) is 2. The molecule has 4 heteroatoms. The zero-order valence-corrected chi connectivity index (χ0v) is 13.4. The highest BCUT2D eigenvalue weighted by Gasteiger charge is 2.09. The molecule has 0 aliphatic carbocycles. The molecule has 0 fully saturated rings. The maximum atomic E-state index is 13.8. The van der Waals surface area contributed by atoms with Gasteiger partial charge in [0.15, 0.2) is 0 Å². The van der Waals surface area contributed by atoms with Crippen LogP contribution in [0.4, 0.5) is 8.78 Å². The van der Waals surface area contributed by atoms with E-state index in [1.807, 2.05) is 31.2 Å². The van der Waals surface area contributed by atoms with Gasteiger partial charge in [0.1, 0.15) is 11.6 Å². The normalized spacial score (nSPS) is 11.7. The number of rotatable bonds is 6. The van der Waals surface area contributed by atoms with E-state index >= 15 is 0 Å². The van der Waals surface area contributed by atoms with Crippen molar-refractivity contribution in [3.8, 4) is 0 Å². The summed E-state index contributed by atoms with van der Waals surface area (Å²) in [5.74, 6) is -1.07. The summed E-state index contributed by atoms with van der Waals surface area (Å²) in [6.45, 7) is 3.98. The van der Waals surface area contributed by atoms with Crippen molar-refractivity contribution in [2.24, 2.45) is 10.2 Å². The molecule has 0 radical (unpaired) electrons. The summed E-state index contributed by atoms with van der Waals surface area (Å²) in [6.07, 6.45) is 5.02. The lowest BCUT2D eigenvalue weighted by Crippen LogP contribution is -1.97. The third kappa shape index (κ3) is 4.81. The number of halogens is 2. The molecule has 23 heavy (non-hydrogen) atoms. The highest BCUT2D eigenvalue weighted by atomic mass is 19.1. The van der Waals surface area contributed by atoms with Gasteiger partial charge in [-0.1, -0.05) is 44.5 Å². The van der Waals surface area contributed by atoms with Crippen LogP contribution in [-0.4, -0.2) is 12.4 Å². The van der Waals surface area contributed by atoms with E-state index in [4.69, 9.17) is 0 Å². The monoisotopic (exact) mass is 314 g/mol. The van der Waals surface area contributed by atoms with Crippen molar-refractivity contribution in [2.45, 2.75) is 33.1 Å². The molecule has 2 aromatic rings. The quantitative estimate of drug-likeness (QED) is 0.533. The van der Waals surface area contributed by atoms with Crippen molar-refractivity contribution in [3.63, 3.8) is 0 Å². The highest BCUT2D eigenvalue weighted by Crippen LogP contribution is 2.16. The van der Waals surface area contributed by atoms with Gasteiger partial charge >= 0.3 is 0 Å². The molecule has 0 heterocycles. The minimum atomic E-state index is -0.535. The summed E-state index contributed by atoms with van der Waals surface area (Å²) >= 11 is 0. The first-order chi connectivity index (χ1) is 11.1. The van der Waals surface area contributed by atoms with Gasteiger partial charge in [-0.3, -0.25) is 0 Å². The Morgan fingerprint density at radius 3 is 1.96 bits per heavy atom. The van der Waals surface area contributed by atoms with Gasteiger partial charge in [0.05, 0.1) is 12.4 Å². The molecular formula is C19H20F2N2. The summed E-state index contributed by atoms with van der Waals surface area (Å²) in [4.78, 5) is 0.